The van der Waals surface area contributed by atoms with Gasteiger partial charge in [-0.3, -0.25) is 9.36 Å². The molecule has 128 valence electrons. The number of aromatic nitrogens is 3. The van der Waals surface area contributed by atoms with E-state index >= 15 is 0 Å². The molecule has 1 atom stereocenters. The van der Waals surface area contributed by atoms with Crippen LogP contribution in [0.3, 0.4) is 0 Å². The van der Waals surface area contributed by atoms with Gasteiger partial charge in [0.15, 0.2) is 5.16 Å². The van der Waals surface area contributed by atoms with Crippen LogP contribution < -0.4 is 11.0 Å². The van der Waals surface area contributed by atoms with Gasteiger partial charge in [-0.15, -0.1) is 5.10 Å². The number of nitrogens with one attached hydrogen (secondary N) is 2. The van der Waals surface area contributed by atoms with Gasteiger partial charge in [-0.05, 0) is 24.6 Å². The minimum Gasteiger partial charge on any atom is -0.325 e. The van der Waals surface area contributed by atoms with Crippen molar-refractivity contribution in [1.82, 2.24) is 14.8 Å². The molecule has 1 amide bonds. The van der Waals surface area contributed by atoms with Gasteiger partial charge in [-0.1, -0.05) is 60.3 Å². The summed E-state index contributed by atoms with van der Waals surface area (Å²) in [4.78, 5) is 24.4. The smallest absolute Gasteiger partial charge is 0.325 e. The second-order valence-corrected chi connectivity index (χ2v) is 6.81. The maximum Gasteiger partial charge on any atom is 0.344 e. The predicted molar refractivity (Wildman–Crippen MR) is 98.8 cm³/mol. The number of hydrogen-bond acceptors (Lipinski definition) is 4. The Labute approximate surface area is 149 Å². The summed E-state index contributed by atoms with van der Waals surface area (Å²) < 4.78 is 1.53. The number of carbonyl (C=O) groups excluding carboxylic acids is 1. The zero-order valence-corrected chi connectivity index (χ0v) is 14.5. The summed E-state index contributed by atoms with van der Waals surface area (Å²) in [5, 5.41) is 9.45. The molecule has 3 aromatic rings. The van der Waals surface area contributed by atoms with Crippen LogP contribution in [0.2, 0.25) is 0 Å². The molecule has 0 saturated carbocycles. The van der Waals surface area contributed by atoms with Crippen molar-refractivity contribution >= 4 is 23.4 Å². The number of hydrogen-bond donors (Lipinski definition) is 2. The number of benzene rings is 2. The van der Waals surface area contributed by atoms with Crippen LogP contribution in [0.25, 0.3) is 0 Å². The van der Waals surface area contributed by atoms with Gasteiger partial charge in [0, 0.05) is 5.69 Å². The Morgan fingerprint density at radius 2 is 1.80 bits per heavy atom. The average molecular weight is 354 g/mol. The molecule has 6 nitrogen and oxygen atoms in total. The second-order valence-electron chi connectivity index (χ2n) is 5.50. The molecule has 1 heterocycles. The Hall–Kier alpha value is -2.80. The van der Waals surface area contributed by atoms with Crippen molar-refractivity contribution in [2.75, 3.05) is 5.32 Å². The maximum absolute atomic E-state index is 12.3. The lowest BCUT2D eigenvalue weighted by molar-refractivity contribution is -0.115. The van der Waals surface area contributed by atoms with Crippen molar-refractivity contribution in [3.8, 4) is 0 Å². The Morgan fingerprint density at radius 3 is 2.48 bits per heavy atom. The molecule has 0 aliphatic heterocycles. The molecule has 0 spiro atoms. The number of carbonyl (C=O) groups is 1. The summed E-state index contributed by atoms with van der Waals surface area (Å²) >= 11 is 1.25. The van der Waals surface area contributed by atoms with Crippen LogP contribution >= 0.6 is 11.8 Å². The van der Waals surface area contributed by atoms with E-state index in [2.05, 4.69) is 15.5 Å². The fourth-order valence-corrected chi connectivity index (χ4v) is 3.13. The first-order valence-electron chi connectivity index (χ1n) is 7.85. The van der Waals surface area contributed by atoms with Gasteiger partial charge >= 0.3 is 5.69 Å². The fourth-order valence-electron chi connectivity index (χ4n) is 2.28. The molecule has 0 fully saturated rings. The van der Waals surface area contributed by atoms with Crippen LogP contribution in [-0.2, 0) is 11.3 Å². The van der Waals surface area contributed by atoms with Gasteiger partial charge in [0.1, 0.15) is 0 Å². The summed E-state index contributed by atoms with van der Waals surface area (Å²) in [5.74, 6) is -0.141. The van der Waals surface area contributed by atoms with Crippen LogP contribution in [0.4, 0.5) is 5.69 Å². The Balaban J connectivity index is 1.70. The summed E-state index contributed by atoms with van der Waals surface area (Å²) in [6, 6.07) is 18.9. The zero-order chi connectivity index (χ0) is 17.6. The summed E-state index contributed by atoms with van der Waals surface area (Å²) in [5.41, 5.74) is 1.44. The highest BCUT2D eigenvalue weighted by molar-refractivity contribution is 8.00. The fraction of sp³-hybridized carbons (Fsp3) is 0.167. The summed E-state index contributed by atoms with van der Waals surface area (Å²) in [6.07, 6.45) is 0. The van der Waals surface area contributed by atoms with Gasteiger partial charge in [0.05, 0.1) is 11.8 Å². The molecule has 0 aliphatic rings. The monoisotopic (exact) mass is 354 g/mol. The topological polar surface area (TPSA) is 79.8 Å². The number of aromatic amines is 1. The quantitative estimate of drug-likeness (QED) is 0.667. The van der Waals surface area contributed by atoms with Gasteiger partial charge in [0.25, 0.3) is 0 Å². The van der Waals surface area contributed by atoms with E-state index in [0.717, 1.165) is 11.3 Å². The van der Waals surface area contributed by atoms with Crippen molar-refractivity contribution in [3.05, 3.63) is 76.7 Å². The van der Waals surface area contributed by atoms with Crippen LogP contribution in [-0.4, -0.2) is 25.9 Å². The number of anilines is 1. The molecule has 0 saturated heterocycles. The molecule has 0 radical (unpaired) electrons. The van der Waals surface area contributed by atoms with Gasteiger partial charge in [-0.2, -0.15) is 0 Å². The molecule has 0 aliphatic carbocycles. The first-order valence-corrected chi connectivity index (χ1v) is 8.73. The van der Waals surface area contributed by atoms with Crippen LogP contribution in [0, 0.1) is 0 Å². The third kappa shape index (κ3) is 4.39. The van der Waals surface area contributed by atoms with E-state index in [1.807, 2.05) is 60.7 Å². The number of thioether (sulfide) groups is 1. The zero-order valence-electron chi connectivity index (χ0n) is 13.7. The van der Waals surface area contributed by atoms with Crippen LogP contribution in [0.1, 0.15) is 12.5 Å². The minimum absolute atomic E-state index is 0.141. The van der Waals surface area contributed by atoms with Gasteiger partial charge in [-0.25, -0.2) is 9.89 Å². The van der Waals surface area contributed by atoms with Crippen LogP contribution in [0.5, 0.6) is 0 Å². The lowest BCUT2D eigenvalue weighted by Crippen LogP contribution is -2.24. The Morgan fingerprint density at radius 1 is 1.16 bits per heavy atom. The second kappa shape index (κ2) is 7.85. The molecule has 2 N–H and O–H groups in total. The van der Waals surface area contributed by atoms with E-state index in [9.17, 15) is 9.59 Å². The first kappa shape index (κ1) is 17.0. The van der Waals surface area contributed by atoms with Gasteiger partial charge in [0.2, 0.25) is 5.91 Å². The third-order valence-corrected chi connectivity index (χ3v) is 4.69. The lowest BCUT2D eigenvalue weighted by Gasteiger charge is -2.12. The number of para-hydroxylation sites is 1. The van der Waals surface area contributed by atoms with E-state index in [1.54, 1.807) is 6.92 Å². The van der Waals surface area contributed by atoms with Crippen LogP contribution in [0.15, 0.2) is 70.6 Å². The van der Waals surface area contributed by atoms with E-state index in [4.69, 9.17) is 0 Å². The minimum atomic E-state index is -0.398. The molecule has 25 heavy (non-hydrogen) atoms. The number of H-pyrrole nitrogens is 1. The average Bonchev–Trinajstić information content (AvgIpc) is 2.97. The molecule has 1 unspecified atom stereocenters. The van der Waals surface area contributed by atoms with E-state index in [0.29, 0.717) is 11.7 Å². The van der Waals surface area contributed by atoms with Crippen molar-refractivity contribution in [1.29, 1.82) is 0 Å². The Kier molecular flexibility index (Phi) is 5.35. The van der Waals surface area contributed by atoms with Crippen molar-refractivity contribution < 1.29 is 4.79 Å². The SMILES string of the molecule is CC(Sc1n[nH]c(=O)n1Cc1ccccc1)C(=O)Nc1ccccc1. The molecule has 2 aromatic carbocycles. The normalized spacial score (nSPS) is 11.9. The number of rotatable bonds is 6. The summed E-state index contributed by atoms with van der Waals surface area (Å²) in [6.45, 7) is 2.19. The first-order chi connectivity index (χ1) is 12.1. The summed E-state index contributed by atoms with van der Waals surface area (Å²) in [7, 11) is 0. The van der Waals surface area contributed by atoms with Crippen molar-refractivity contribution in [3.63, 3.8) is 0 Å². The number of amides is 1. The van der Waals surface area contributed by atoms with Crippen molar-refractivity contribution in [2.45, 2.75) is 23.9 Å². The largest absolute Gasteiger partial charge is 0.344 e. The molecular formula is C18H18N4O2S. The predicted octanol–water partition coefficient (Wildman–Crippen LogP) is 2.74. The highest BCUT2D eigenvalue weighted by Gasteiger charge is 2.19. The van der Waals surface area contributed by atoms with E-state index < -0.39 is 5.25 Å². The molecule has 1 aromatic heterocycles. The van der Waals surface area contributed by atoms with Crippen molar-refractivity contribution in [2.24, 2.45) is 0 Å². The third-order valence-electron chi connectivity index (χ3n) is 3.60. The number of nitrogens with zero attached hydrogens (tertiary/aromatic N) is 2. The maximum atomic E-state index is 12.3. The highest BCUT2D eigenvalue weighted by atomic mass is 32.2. The molecular weight excluding hydrogens is 336 g/mol. The molecule has 7 heteroatoms. The lowest BCUT2D eigenvalue weighted by atomic mass is 10.2. The highest BCUT2D eigenvalue weighted by Crippen LogP contribution is 2.22. The van der Waals surface area contributed by atoms with E-state index in [1.165, 1.54) is 16.3 Å². The molecule has 3 rings (SSSR count). The standard InChI is InChI=1S/C18H18N4O2S/c1-13(16(23)19-15-10-6-3-7-11-15)25-18-21-20-17(24)22(18)12-14-8-4-2-5-9-14/h2-11,13H,12H2,1H3,(H,19,23)(H,20,24). The Bertz CT molecular complexity index is 890. The molecule has 0 bridgehead atoms. The van der Waals surface area contributed by atoms with E-state index in [-0.39, 0.29) is 11.6 Å². The van der Waals surface area contributed by atoms with Gasteiger partial charge < -0.3 is 5.32 Å².